The van der Waals surface area contributed by atoms with E-state index in [0.29, 0.717) is 6.54 Å². The van der Waals surface area contributed by atoms with Gasteiger partial charge in [0.25, 0.3) is 0 Å². The molecule has 0 bridgehead atoms. The third kappa shape index (κ3) is 4.29. The summed E-state index contributed by atoms with van der Waals surface area (Å²) in [5.41, 5.74) is -4.33. The van der Waals surface area contributed by atoms with Crippen molar-refractivity contribution in [3.63, 3.8) is 0 Å². The minimum Gasteiger partial charge on any atom is -0.341 e. The van der Waals surface area contributed by atoms with Crippen LogP contribution < -0.4 is 5.32 Å². The summed E-state index contributed by atoms with van der Waals surface area (Å²) in [5, 5.41) is 3.06. The van der Waals surface area contributed by atoms with Crippen LogP contribution in [-0.4, -0.2) is 48.2 Å². The number of hydrogen-bond donors (Lipinski definition) is 1. The molecule has 1 aliphatic rings. The Hall–Kier alpha value is -0.430. The van der Waals surface area contributed by atoms with Crippen molar-refractivity contribution in [1.82, 2.24) is 10.2 Å². The topological polar surface area (TPSA) is 32.3 Å². The van der Waals surface area contributed by atoms with Gasteiger partial charge >= 0.3 is 5.51 Å². The molecule has 0 aromatic rings. The van der Waals surface area contributed by atoms with Crippen molar-refractivity contribution in [1.29, 1.82) is 0 Å². The van der Waals surface area contributed by atoms with E-state index in [9.17, 15) is 18.0 Å². The summed E-state index contributed by atoms with van der Waals surface area (Å²) < 4.78 is 35.5. The van der Waals surface area contributed by atoms with Gasteiger partial charge in [-0.15, -0.1) is 0 Å². The van der Waals surface area contributed by atoms with E-state index in [-0.39, 0.29) is 17.8 Å². The number of alkyl halides is 3. The molecule has 3 nitrogen and oxygen atoms in total. The van der Waals surface area contributed by atoms with Gasteiger partial charge < -0.3 is 10.2 Å². The molecule has 0 spiro atoms. The molecule has 7 heteroatoms. The summed E-state index contributed by atoms with van der Waals surface area (Å²) in [6, 6.07) is 0.0336. The highest BCUT2D eigenvalue weighted by atomic mass is 32.2. The summed E-state index contributed by atoms with van der Waals surface area (Å²) in [6.45, 7) is 1.48. The lowest BCUT2D eigenvalue weighted by molar-refractivity contribution is -0.129. The van der Waals surface area contributed by atoms with E-state index >= 15 is 0 Å². The Morgan fingerprint density at radius 2 is 2.27 bits per heavy atom. The van der Waals surface area contributed by atoms with E-state index in [1.165, 1.54) is 4.90 Å². The average Bonchev–Trinajstić information content (AvgIpc) is 2.64. The zero-order chi connectivity index (χ0) is 11.5. The van der Waals surface area contributed by atoms with E-state index in [1.54, 1.807) is 7.05 Å². The van der Waals surface area contributed by atoms with Crippen LogP contribution in [0.2, 0.25) is 0 Å². The molecule has 1 fully saturated rings. The molecule has 15 heavy (non-hydrogen) atoms. The van der Waals surface area contributed by atoms with Gasteiger partial charge in [-0.25, -0.2) is 0 Å². The third-order valence-electron chi connectivity index (χ3n) is 2.33. The first-order chi connectivity index (χ1) is 6.90. The Kier molecular flexibility index (Phi) is 4.27. The number of nitrogens with zero attached hydrogens (tertiary/aromatic N) is 1. The largest absolute Gasteiger partial charge is 0.442 e. The van der Waals surface area contributed by atoms with Crippen LogP contribution in [0.3, 0.4) is 0 Å². The number of rotatable bonds is 3. The molecule has 1 aliphatic heterocycles. The fourth-order valence-electron chi connectivity index (χ4n) is 1.42. The molecule has 0 aromatic heterocycles. The molecule has 1 rings (SSSR count). The van der Waals surface area contributed by atoms with E-state index < -0.39 is 17.2 Å². The van der Waals surface area contributed by atoms with Crippen LogP contribution in [0.5, 0.6) is 0 Å². The predicted molar refractivity (Wildman–Crippen MR) is 52.6 cm³/mol. The van der Waals surface area contributed by atoms with Crippen molar-refractivity contribution in [2.24, 2.45) is 0 Å². The quantitative estimate of drug-likeness (QED) is 0.803. The Labute approximate surface area is 90.4 Å². The summed E-state index contributed by atoms with van der Waals surface area (Å²) in [5.74, 6) is -0.998. The first kappa shape index (κ1) is 12.6. The molecule has 1 atom stereocenters. The SMILES string of the molecule is CN(C(=O)CSC(F)(F)F)C1CCNC1. The molecule has 1 saturated heterocycles. The van der Waals surface area contributed by atoms with Gasteiger partial charge in [-0.1, -0.05) is 0 Å². The molecule has 1 heterocycles. The van der Waals surface area contributed by atoms with Crippen LogP contribution in [0.1, 0.15) is 6.42 Å². The minimum atomic E-state index is -4.33. The fourth-order valence-corrected chi connectivity index (χ4v) is 1.91. The van der Waals surface area contributed by atoms with Gasteiger partial charge in [-0.2, -0.15) is 13.2 Å². The first-order valence-electron chi connectivity index (χ1n) is 4.57. The van der Waals surface area contributed by atoms with Crippen molar-refractivity contribution < 1.29 is 18.0 Å². The number of thioether (sulfide) groups is 1. The molecule has 88 valence electrons. The number of likely N-dealkylation sites (N-methyl/N-ethyl adjacent to an activating group) is 1. The van der Waals surface area contributed by atoms with Crippen molar-refractivity contribution >= 4 is 17.7 Å². The Morgan fingerprint density at radius 1 is 1.60 bits per heavy atom. The molecule has 1 amide bonds. The highest BCUT2D eigenvalue weighted by Gasteiger charge is 2.31. The Morgan fingerprint density at radius 3 is 2.73 bits per heavy atom. The number of carbonyl (C=O) groups is 1. The van der Waals surface area contributed by atoms with Crippen molar-refractivity contribution in [3.8, 4) is 0 Å². The number of amides is 1. The van der Waals surface area contributed by atoms with Crippen LogP contribution in [0.4, 0.5) is 13.2 Å². The average molecular weight is 242 g/mol. The van der Waals surface area contributed by atoms with Gasteiger partial charge in [-0.3, -0.25) is 4.79 Å². The van der Waals surface area contributed by atoms with Crippen LogP contribution >= 0.6 is 11.8 Å². The van der Waals surface area contributed by atoms with Crippen LogP contribution in [-0.2, 0) is 4.79 Å². The monoisotopic (exact) mass is 242 g/mol. The van der Waals surface area contributed by atoms with E-state index in [0.717, 1.165) is 13.0 Å². The van der Waals surface area contributed by atoms with E-state index in [1.807, 2.05) is 0 Å². The molecule has 1 N–H and O–H groups in total. The number of carbonyl (C=O) groups excluding carboxylic acids is 1. The van der Waals surface area contributed by atoms with Gasteiger partial charge in [0, 0.05) is 19.6 Å². The zero-order valence-electron chi connectivity index (χ0n) is 8.30. The highest BCUT2D eigenvalue weighted by molar-refractivity contribution is 8.00. The summed E-state index contributed by atoms with van der Waals surface area (Å²) in [4.78, 5) is 12.8. The summed E-state index contributed by atoms with van der Waals surface area (Å²) in [7, 11) is 1.55. The minimum absolute atomic E-state index is 0.0336. The van der Waals surface area contributed by atoms with Crippen LogP contribution in [0.15, 0.2) is 0 Å². The van der Waals surface area contributed by atoms with Gasteiger partial charge in [0.2, 0.25) is 5.91 Å². The van der Waals surface area contributed by atoms with E-state index in [4.69, 9.17) is 0 Å². The Bertz CT molecular complexity index is 228. The summed E-state index contributed by atoms with van der Waals surface area (Å²) in [6.07, 6.45) is 0.804. The maximum Gasteiger partial charge on any atom is 0.442 e. The molecule has 0 radical (unpaired) electrons. The molecular weight excluding hydrogens is 229 g/mol. The molecule has 0 aromatic carbocycles. The lowest BCUT2D eigenvalue weighted by atomic mass is 10.2. The first-order valence-corrected chi connectivity index (χ1v) is 5.56. The second kappa shape index (κ2) is 5.07. The number of nitrogens with one attached hydrogen (secondary N) is 1. The molecular formula is C8H13F3N2OS. The highest BCUT2D eigenvalue weighted by Crippen LogP contribution is 2.30. The second-order valence-corrected chi connectivity index (χ2v) is 4.43. The Balaban J connectivity index is 2.32. The normalized spacial score (nSPS) is 21.7. The van der Waals surface area contributed by atoms with Crippen molar-refractivity contribution in [2.45, 2.75) is 18.0 Å². The zero-order valence-corrected chi connectivity index (χ0v) is 9.12. The number of halogens is 3. The molecule has 0 aliphatic carbocycles. The molecule has 1 unspecified atom stereocenters. The van der Waals surface area contributed by atoms with Gasteiger partial charge in [0.1, 0.15) is 0 Å². The smallest absolute Gasteiger partial charge is 0.341 e. The van der Waals surface area contributed by atoms with Gasteiger partial charge in [0.15, 0.2) is 0 Å². The second-order valence-electron chi connectivity index (χ2n) is 3.39. The third-order valence-corrected chi connectivity index (χ3v) is 3.05. The van der Waals surface area contributed by atoms with E-state index in [2.05, 4.69) is 5.32 Å². The van der Waals surface area contributed by atoms with Gasteiger partial charge in [-0.05, 0) is 24.7 Å². The van der Waals surface area contributed by atoms with Crippen LogP contribution in [0, 0.1) is 0 Å². The van der Waals surface area contributed by atoms with Crippen molar-refractivity contribution in [3.05, 3.63) is 0 Å². The lowest BCUT2D eigenvalue weighted by Crippen LogP contribution is -2.39. The summed E-state index contributed by atoms with van der Waals surface area (Å²) >= 11 is -0.283. The number of hydrogen-bond acceptors (Lipinski definition) is 3. The van der Waals surface area contributed by atoms with Crippen LogP contribution in [0.25, 0.3) is 0 Å². The fraction of sp³-hybridized carbons (Fsp3) is 0.875. The van der Waals surface area contributed by atoms with Crippen molar-refractivity contribution in [2.75, 3.05) is 25.9 Å². The maximum absolute atomic E-state index is 11.8. The standard InChI is InChI=1S/C8H13F3N2OS/c1-13(6-2-3-12-4-6)7(14)5-15-8(9,10)11/h6,12H,2-5H2,1H3. The predicted octanol–water partition coefficient (Wildman–Crippen LogP) is 1.06. The maximum atomic E-state index is 11.8. The van der Waals surface area contributed by atoms with Gasteiger partial charge in [0.05, 0.1) is 5.75 Å². The molecule has 0 saturated carbocycles. The lowest BCUT2D eigenvalue weighted by Gasteiger charge is -2.23.